The van der Waals surface area contributed by atoms with E-state index in [1.165, 1.54) is 19.3 Å². The highest BCUT2D eigenvalue weighted by atomic mass is 16.5. The van der Waals surface area contributed by atoms with Crippen LogP contribution in [-0.4, -0.2) is 39.4 Å². The van der Waals surface area contributed by atoms with Crippen LogP contribution in [0.2, 0.25) is 0 Å². The highest BCUT2D eigenvalue weighted by molar-refractivity contribution is 5.94. The van der Waals surface area contributed by atoms with E-state index in [9.17, 15) is 9.59 Å². The van der Waals surface area contributed by atoms with Crippen molar-refractivity contribution in [2.45, 2.75) is 64.1 Å². The van der Waals surface area contributed by atoms with Crippen molar-refractivity contribution in [2.75, 3.05) is 6.54 Å². The first-order valence-corrected chi connectivity index (χ1v) is 10.2. The summed E-state index contributed by atoms with van der Waals surface area (Å²) in [5, 5.41) is 4.24. The smallest absolute Gasteiger partial charge is 0.245 e. The van der Waals surface area contributed by atoms with Crippen molar-refractivity contribution < 1.29 is 14.1 Å². The van der Waals surface area contributed by atoms with Gasteiger partial charge in [0.1, 0.15) is 12.6 Å². The quantitative estimate of drug-likeness (QED) is 0.795. The summed E-state index contributed by atoms with van der Waals surface area (Å²) in [6, 6.07) is 11.2. The lowest BCUT2D eigenvalue weighted by Gasteiger charge is -2.38. The summed E-state index contributed by atoms with van der Waals surface area (Å²) in [5.41, 5.74) is 2.01. The Labute approximate surface area is 165 Å². The van der Waals surface area contributed by atoms with E-state index in [1.807, 2.05) is 36.4 Å². The Bertz CT molecular complexity index is 827. The molecule has 148 valence electrons. The van der Waals surface area contributed by atoms with Crippen LogP contribution in [0, 0.1) is 0 Å². The molecule has 2 aliphatic rings. The molecule has 1 aliphatic heterocycles. The predicted octanol–water partition coefficient (Wildman–Crippen LogP) is 3.48. The average molecular weight is 381 g/mol. The van der Waals surface area contributed by atoms with Gasteiger partial charge in [-0.15, -0.1) is 0 Å². The van der Waals surface area contributed by atoms with Crippen LogP contribution in [-0.2, 0) is 22.7 Å². The minimum Gasteiger partial charge on any atom is -0.359 e. The van der Waals surface area contributed by atoms with Gasteiger partial charge >= 0.3 is 0 Å². The summed E-state index contributed by atoms with van der Waals surface area (Å²) in [6.45, 7) is 2.64. The molecule has 6 heteroatoms. The van der Waals surface area contributed by atoms with Gasteiger partial charge in [-0.25, -0.2) is 0 Å². The number of amides is 2. The zero-order valence-corrected chi connectivity index (χ0v) is 16.3. The molecular weight excluding hydrogens is 354 g/mol. The van der Waals surface area contributed by atoms with Crippen LogP contribution in [0.4, 0.5) is 0 Å². The highest BCUT2D eigenvalue weighted by Gasteiger charge is 2.37. The monoisotopic (exact) mass is 381 g/mol. The van der Waals surface area contributed by atoms with Gasteiger partial charge in [-0.05, 0) is 25.3 Å². The fourth-order valence-electron chi connectivity index (χ4n) is 4.27. The van der Waals surface area contributed by atoms with Gasteiger partial charge in [0.2, 0.25) is 11.8 Å². The third kappa shape index (κ3) is 3.96. The standard InChI is InChI=1S/C22H27N3O3/c1-16-22(27)24(13-17-8-4-2-5-9-17)15-21(26)25(16)14-19-12-20(23-28-19)18-10-6-3-7-11-18/h2,4-5,8-9,12,16,18H,3,6-7,10-11,13-15H2,1H3/t16-/m1/s1. The Morgan fingerprint density at radius 3 is 2.57 bits per heavy atom. The maximum absolute atomic E-state index is 12.8. The number of rotatable bonds is 5. The van der Waals surface area contributed by atoms with Gasteiger partial charge < -0.3 is 14.3 Å². The number of aromatic nitrogens is 1. The molecule has 2 fully saturated rings. The van der Waals surface area contributed by atoms with Crippen molar-refractivity contribution in [2.24, 2.45) is 0 Å². The van der Waals surface area contributed by atoms with Crippen LogP contribution in [0.1, 0.15) is 62.0 Å². The first-order valence-electron chi connectivity index (χ1n) is 10.2. The number of hydrogen-bond acceptors (Lipinski definition) is 4. The third-order valence-electron chi connectivity index (χ3n) is 5.93. The van der Waals surface area contributed by atoms with Gasteiger partial charge in [-0.1, -0.05) is 54.8 Å². The molecule has 2 aromatic rings. The summed E-state index contributed by atoms with van der Waals surface area (Å²) >= 11 is 0. The van der Waals surface area contributed by atoms with Crippen molar-refractivity contribution in [1.29, 1.82) is 0 Å². The molecule has 0 bridgehead atoms. The van der Waals surface area contributed by atoms with Crippen LogP contribution in [0.25, 0.3) is 0 Å². The lowest BCUT2D eigenvalue weighted by atomic mass is 9.87. The van der Waals surface area contributed by atoms with E-state index in [2.05, 4.69) is 5.16 Å². The van der Waals surface area contributed by atoms with Crippen molar-refractivity contribution in [1.82, 2.24) is 15.0 Å². The Hall–Kier alpha value is -2.63. The first kappa shape index (κ1) is 18.7. The summed E-state index contributed by atoms with van der Waals surface area (Å²) < 4.78 is 5.51. The summed E-state index contributed by atoms with van der Waals surface area (Å²) in [4.78, 5) is 28.8. The predicted molar refractivity (Wildman–Crippen MR) is 104 cm³/mol. The second-order valence-electron chi connectivity index (χ2n) is 7.93. The molecule has 1 saturated heterocycles. The highest BCUT2D eigenvalue weighted by Crippen LogP contribution is 2.32. The number of carbonyl (C=O) groups excluding carboxylic acids is 2. The summed E-state index contributed by atoms with van der Waals surface area (Å²) in [5.74, 6) is 1.03. The molecule has 6 nitrogen and oxygen atoms in total. The minimum atomic E-state index is -0.506. The van der Waals surface area contributed by atoms with E-state index < -0.39 is 6.04 Å². The largest absolute Gasteiger partial charge is 0.359 e. The van der Waals surface area contributed by atoms with Gasteiger partial charge in [0.25, 0.3) is 0 Å². The maximum atomic E-state index is 12.8. The van der Waals surface area contributed by atoms with Gasteiger partial charge in [0.15, 0.2) is 5.76 Å². The normalized spacial score (nSPS) is 21.4. The van der Waals surface area contributed by atoms with Crippen molar-refractivity contribution in [3.05, 3.63) is 53.4 Å². The number of hydrogen-bond donors (Lipinski definition) is 0. The van der Waals surface area contributed by atoms with E-state index in [0.717, 1.165) is 24.1 Å². The Kier molecular flexibility index (Phi) is 5.46. The molecular formula is C22H27N3O3. The van der Waals surface area contributed by atoms with Gasteiger partial charge in [-0.2, -0.15) is 0 Å². The SMILES string of the molecule is C[C@@H]1C(=O)N(Cc2ccccc2)CC(=O)N1Cc1cc(C2CCCCC2)no1. The zero-order chi connectivity index (χ0) is 19.5. The zero-order valence-electron chi connectivity index (χ0n) is 16.3. The molecule has 28 heavy (non-hydrogen) atoms. The molecule has 0 spiro atoms. The first-order chi connectivity index (χ1) is 13.6. The molecule has 1 aliphatic carbocycles. The average Bonchev–Trinajstić information content (AvgIpc) is 3.19. The van der Waals surface area contributed by atoms with E-state index in [1.54, 1.807) is 16.7 Å². The number of carbonyl (C=O) groups is 2. The molecule has 1 aromatic heterocycles. The lowest BCUT2D eigenvalue weighted by Crippen LogP contribution is -2.57. The third-order valence-corrected chi connectivity index (χ3v) is 5.93. The van der Waals surface area contributed by atoms with Crippen LogP contribution < -0.4 is 0 Å². The number of benzene rings is 1. The van der Waals surface area contributed by atoms with E-state index >= 15 is 0 Å². The number of nitrogens with zero attached hydrogens (tertiary/aromatic N) is 3. The molecule has 1 aromatic carbocycles. The fraction of sp³-hybridized carbons (Fsp3) is 0.500. The molecule has 2 heterocycles. The molecule has 1 saturated carbocycles. The molecule has 0 unspecified atom stereocenters. The Morgan fingerprint density at radius 1 is 1.07 bits per heavy atom. The Morgan fingerprint density at radius 2 is 1.82 bits per heavy atom. The van der Waals surface area contributed by atoms with Crippen LogP contribution in [0.15, 0.2) is 40.9 Å². The van der Waals surface area contributed by atoms with E-state index in [-0.39, 0.29) is 18.4 Å². The molecule has 1 atom stereocenters. The topological polar surface area (TPSA) is 66.7 Å². The van der Waals surface area contributed by atoms with Crippen LogP contribution in [0.5, 0.6) is 0 Å². The van der Waals surface area contributed by atoms with E-state index in [4.69, 9.17) is 4.52 Å². The summed E-state index contributed by atoms with van der Waals surface area (Å²) in [6.07, 6.45) is 6.07. The van der Waals surface area contributed by atoms with Crippen molar-refractivity contribution in [3.63, 3.8) is 0 Å². The van der Waals surface area contributed by atoms with Crippen molar-refractivity contribution in [3.8, 4) is 0 Å². The molecule has 0 N–H and O–H groups in total. The van der Waals surface area contributed by atoms with Gasteiger partial charge in [0, 0.05) is 18.5 Å². The molecule has 0 radical (unpaired) electrons. The molecule has 4 rings (SSSR count). The fourth-order valence-corrected chi connectivity index (χ4v) is 4.27. The van der Waals surface area contributed by atoms with Gasteiger partial charge in [-0.3, -0.25) is 9.59 Å². The maximum Gasteiger partial charge on any atom is 0.245 e. The summed E-state index contributed by atoms with van der Waals surface area (Å²) in [7, 11) is 0. The molecule has 2 amide bonds. The second kappa shape index (κ2) is 8.17. The second-order valence-corrected chi connectivity index (χ2v) is 7.93. The van der Waals surface area contributed by atoms with Gasteiger partial charge in [0.05, 0.1) is 12.2 Å². The van der Waals surface area contributed by atoms with E-state index in [0.29, 0.717) is 24.8 Å². The van der Waals surface area contributed by atoms with Crippen LogP contribution >= 0.6 is 0 Å². The minimum absolute atomic E-state index is 0.0320. The number of piperazine rings is 1. The lowest BCUT2D eigenvalue weighted by molar-refractivity contribution is -0.156. The van der Waals surface area contributed by atoms with Crippen molar-refractivity contribution >= 4 is 11.8 Å². The van der Waals surface area contributed by atoms with Crippen LogP contribution in [0.3, 0.4) is 0 Å². The Balaban J connectivity index is 1.41.